The maximum absolute atomic E-state index is 5.95. The molecule has 0 amide bonds. The Hall–Kier alpha value is -1.46. The average molecular weight is 273 g/mol. The van der Waals surface area contributed by atoms with E-state index in [0.717, 1.165) is 0 Å². The molecule has 0 atom stereocenters. The fourth-order valence-electron chi connectivity index (χ4n) is 1.28. The third kappa shape index (κ3) is 3.01. The number of halogens is 2. The summed E-state index contributed by atoms with van der Waals surface area (Å²) in [4.78, 5) is 0. The van der Waals surface area contributed by atoms with E-state index >= 15 is 0 Å². The van der Waals surface area contributed by atoms with Gasteiger partial charge in [0.15, 0.2) is 11.6 Å². The Morgan fingerprint density at radius 1 is 1.29 bits per heavy atom. The number of nitrogen functional groups attached to an aromatic ring is 1. The highest BCUT2D eigenvalue weighted by atomic mass is 35.5. The van der Waals surface area contributed by atoms with Gasteiger partial charge in [0, 0.05) is 0 Å². The van der Waals surface area contributed by atoms with Gasteiger partial charge in [0.25, 0.3) is 0 Å². The predicted octanol–water partition coefficient (Wildman–Crippen LogP) is 2.25. The number of anilines is 1. The van der Waals surface area contributed by atoms with Gasteiger partial charge in [-0.2, -0.15) is 0 Å². The van der Waals surface area contributed by atoms with Crippen molar-refractivity contribution in [1.82, 2.24) is 15.0 Å². The number of nitrogens with zero attached hydrogens (tertiary/aromatic N) is 3. The number of para-hydroxylation sites is 1. The molecule has 0 aliphatic carbocycles. The SMILES string of the molecule is Nc1cn(CCOc2c(Cl)cccc2Cl)nn1. The second-order valence-electron chi connectivity index (χ2n) is 3.31. The van der Waals surface area contributed by atoms with Crippen LogP contribution in [-0.4, -0.2) is 21.6 Å². The van der Waals surface area contributed by atoms with E-state index < -0.39 is 0 Å². The monoisotopic (exact) mass is 272 g/mol. The second kappa shape index (κ2) is 5.25. The van der Waals surface area contributed by atoms with Crippen molar-refractivity contribution in [3.05, 3.63) is 34.4 Å². The maximum Gasteiger partial charge on any atom is 0.165 e. The minimum absolute atomic E-state index is 0.376. The predicted molar refractivity (Wildman–Crippen MR) is 66.4 cm³/mol. The second-order valence-corrected chi connectivity index (χ2v) is 4.12. The normalized spacial score (nSPS) is 10.5. The third-order valence-corrected chi connectivity index (χ3v) is 2.64. The van der Waals surface area contributed by atoms with E-state index in [1.807, 2.05) is 0 Å². The van der Waals surface area contributed by atoms with Gasteiger partial charge in [0.1, 0.15) is 6.61 Å². The van der Waals surface area contributed by atoms with Gasteiger partial charge in [-0.1, -0.05) is 34.5 Å². The first kappa shape index (κ1) is 12.0. The van der Waals surface area contributed by atoms with E-state index in [9.17, 15) is 0 Å². The maximum atomic E-state index is 5.95. The van der Waals surface area contributed by atoms with Crippen molar-refractivity contribution in [3.63, 3.8) is 0 Å². The molecule has 0 aliphatic rings. The van der Waals surface area contributed by atoms with Crippen LogP contribution in [0.4, 0.5) is 5.82 Å². The van der Waals surface area contributed by atoms with Crippen molar-refractivity contribution >= 4 is 29.0 Å². The van der Waals surface area contributed by atoms with Crippen molar-refractivity contribution in [2.75, 3.05) is 12.3 Å². The molecule has 2 N–H and O–H groups in total. The lowest BCUT2D eigenvalue weighted by atomic mass is 10.3. The largest absolute Gasteiger partial charge is 0.489 e. The van der Waals surface area contributed by atoms with E-state index in [1.54, 1.807) is 29.1 Å². The molecule has 0 saturated heterocycles. The van der Waals surface area contributed by atoms with Crippen molar-refractivity contribution in [2.45, 2.75) is 6.54 Å². The van der Waals surface area contributed by atoms with E-state index in [0.29, 0.717) is 34.8 Å². The van der Waals surface area contributed by atoms with Crippen molar-refractivity contribution in [3.8, 4) is 5.75 Å². The number of ether oxygens (including phenoxy) is 1. The summed E-state index contributed by atoms with van der Waals surface area (Å²) < 4.78 is 7.07. The molecule has 5 nitrogen and oxygen atoms in total. The molecular formula is C10H10Cl2N4O. The van der Waals surface area contributed by atoms with E-state index in [2.05, 4.69) is 10.3 Å². The Balaban J connectivity index is 1.94. The molecule has 0 radical (unpaired) electrons. The molecule has 0 bridgehead atoms. The number of hydrogen-bond donors (Lipinski definition) is 1. The number of nitrogens with two attached hydrogens (primary N) is 1. The summed E-state index contributed by atoms with van der Waals surface area (Å²) in [6.07, 6.45) is 1.62. The number of rotatable bonds is 4. The summed E-state index contributed by atoms with van der Waals surface area (Å²) >= 11 is 11.9. The van der Waals surface area contributed by atoms with Crippen LogP contribution in [0.2, 0.25) is 10.0 Å². The van der Waals surface area contributed by atoms with E-state index in [1.165, 1.54) is 0 Å². The van der Waals surface area contributed by atoms with Crippen LogP contribution in [-0.2, 0) is 6.54 Å². The molecule has 0 aliphatic heterocycles. The smallest absolute Gasteiger partial charge is 0.165 e. The number of aromatic nitrogens is 3. The Morgan fingerprint density at radius 3 is 2.59 bits per heavy atom. The lowest BCUT2D eigenvalue weighted by Crippen LogP contribution is -2.09. The van der Waals surface area contributed by atoms with Crippen molar-refractivity contribution < 1.29 is 4.74 Å². The zero-order chi connectivity index (χ0) is 12.3. The average Bonchev–Trinajstić information content (AvgIpc) is 2.69. The van der Waals surface area contributed by atoms with Crippen LogP contribution in [0, 0.1) is 0 Å². The van der Waals surface area contributed by atoms with Crippen LogP contribution >= 0.6 is 23.2 Å². The molecule has 0 unspecified atom stereocenters. The highest BCUT2D eigenvalue weighted by Crippen LogP contribution is 2.32. The third-order valence-electron chi connectivity index (χ3n) is 2.04. The lowest BCUT2D eigenvalue weighted by molar-refractivity contribution is 0.290. The van der Waals surface area contributed by atoms with Gasteiger partial charge in [0.05, 0.1) is 22.8 Å². The first-order valence-corrected chi connectivity index (χ1v) is 5.65. The fourth-order valence-corrected chi connectivity index (χ4v) is 1.79. The van der Waals surface area contributed by atoms with Crippen LogP contribution in [0.3, 0.4) is 0 Å². The fraction of sp³-hybridized carbons (Fsp3) is 0.200. The molecule has 1 heterocycles. The van der Waals surface area contributed by atoms with E-state index in [4.69, 9.17) is 33.7 Å². The van der Waals surface area contributed by atoms with Crippen LogP contribution in [0.15, 0.2) is 24.4 Å². The molecule has 1 aromatic carbocycles. The summed E-state index contributed by atoms with van der Waals surface area (Å²) in [5, 5.41) is 8.41. The molecule has 2 rings (SSSR count). The molecule has 90 valence electrons. The summed E-state index contributed by atoms with van der Waals surface area (Å²) in [5.41, 5.74) is 5.43. The Morgan fingerprint density at radius 2 is 2.00 bits per heavy atom. The summed E-state index contributed by atoms with van der Waals surface area (Å²) in [7, 11) is 0. The molecule has 0 fully saturated rings. The van der Waals surface area contributed by atoms with Crippen LogP contribution in [0.25, 0.3) is 0 Å². The zero-order valence-corrected chi connectivity index (χ0v) is 10.3. The highest BCUT2D eigenvalue weighted by molar-refractivity contribution is 6.37. The standard InChI is InChI=1S/C10H10Cl2N4O/c11-7-2-1-3-8(12)10(7)17-5-4-16-6-9(13)14-15-16/h1-3,6H,4-5,13H2. The van der Waals surface area contributed by atoms with Gasteiger partial charge >= 0.3 is 0 Å². The molecule has 0 saturated carbocycles. The molecule has 0 spiro atoms. The summed E-state index contributed by atoms with van der Waals surface area (Å²) in [6, 6.07) is 5.20. The van der Waals surface area contributed by atoms with Crippen LogP contribution in [0.1, 0.15) is 0 Å². The van der Waals surface area contributed by atoms with Crippen LogP contribution in [0.5, 0.6) is 5.75 Å². The summed E-state index contributed by atoms with van der Waals surface area (Å²) in [5.74, 6) is 0.852. The van der Waals surface area contributed by atoms with Gasteiger partial charge in [-0.3, -0.25) is 0 Å². The quantitative estimate of drug-likeness (QED) is 0.927. The van der Waals surface area contributed by atoms with Gasteiger partial charge in [-0.15, -0.1) is 5.10 Å². The number of hydrogen-bond acceptors (Lipinski definition) is 4. The van der Waals surface area contributed by atoms with Gasteiger partial charge < -0.3 is 10.5 Å². The van der Waals surface area contributed by atoms with E-state index in [-0.39, 0.29) is 0 Å². The first-order valence-electron chi connectivity index (χ1n) is 4.89. The molecular weight excluding hydrogens is 263 g/mol. The zero-order valence-electron chi connectivity index (χ0n) is 8.81. The lowest BCUT2D eigenvalue weighted by Gasteiger charge is -2.09. The van der Waals surface area contributed by atoms with Crippen molar-refractivity contribution in [2.24, 2.45) is 0 Å². The Kier molecular flexibility index (Phi) is 3.71. The minimum Gasteiger partial charge on any atom is -0.489 e. The molecule has 2 aromatic rings. The van der Waals surface area contributed by atoms with Gasteiger partial charge in [-0.25, -0.2) is 4.68 Å². The first-order chi connectivity index (χ1) is 8.16. The Bertz CT molecular complexity index is 495. The topological polar surface area (TPSA) is 66.0 Å². The van der Waals surface area contributed by atoms with Gasteiger partial charge in [0.2, 0.25) is 0 Å². The molecule has 17 heavy (non-hydrogen) atoms. The van der Waals surface area contributed by atoms with Gasteiger partial charge in [-0.05, 0) is 12.1 Å². The van der Waals surface area contributed by atoms with Crippen LogP contribution < -0.4 is 10.5 Å². The van der Waals surface area contributed by atoms with Crippen molar-refractivity contribution in [1.29, 1.82) is 0 Å². The molecule has 7 heteroatoms. The highest BCUT2D eigenvalue weighted by Gasteiger charge is 2.06. The Labute approximate surface area is 108 Å². The minimum atomic E-state index is 0.376. The summed E-state index contributed by atoms with van der Waals surface area (Å²) in [6.45, 7) is 0.901. The molecule has 1 aromatic heterocycles. The number of benzene rings is 1.